The van der Waals surface area contributed by atoms with Gasteiger partial charge in [0.1, 0.15) is 0 Å². The maximum absolute atomic E-state index is 13.6. The summed E-state index contributed by atoms with van der Waals surface area (Å²) < 4.78 is 13.6. The quantitative estimate of drug-likeness (QED) is 0.728. The Morgan fingerprint density at radius 3 is 2.13 bits per heavy atom. The van der Waals surface area contributed by atoms with Gasteiger partial charge in [0, 0.05) is 5.56 Å². The highest BCUT2D eigenvalue weighted by atomic mass is 19.1. The molecule has 0 amide bonds. The first kappa shape index (κ1) is 11.8. The number of carbonyl (C=O) groups is 1. The molecule has 0 aliphatic rings. The summed E-state index contributed by atoms with van der Waals surface area (Å²) in [5.74, 6) is -0.896. The van der Waals surface area contributed by atoms with Crippen LogP contribution < -0.4 is 0 Å². The van der Waals surface area contributed by atoms with Crippen molar-refractivity contribution in [2.24, 2.45) is 0 Å². The van der Waals surface area contributed by atoms with Crippen molar-refractivity contribution in [2.75, 3.05) is 13.2 Å². The zero-order valence-corrected chi connectivity index (χ0v) is 8.40. The Bertz CT molecular complexity index is 341. The third-order valence-electron chi connectivity index (χ3n) is 2.22. The molecule has 0 unspecified atom stereocenters. The summed E-state index contributed by atoms with van der Waals surface area (Å²) in [4.78, 5) is 11.5. The average molecular weight is 212 g/mol. The molecule has 4 heteroatoms. The summed E-state index contributed by atoms with van der Waals surface area (Å²) >= 11 is 0. The number of hydrogen-bond acceptors (Lipinski definition) is 3. The van der Waals surface area contributed by atoms with Crippen LogP contribution in [0.15, 0.2) is 24.3 Å². The van der Waals surface area contributed by atoms with Gasteiger partial charge in [0.25, 0.3) is 0 Å². The van der Waals surface area contributed by atoms with E-state index < -0.39 is 24.7 Å². The maximum Gasteiger partial charge on any atom is 0.218 e. The Balaban J connectivity index is 2.98. The van der Waals surface area contributed by atoms with Crippen molar-refractivity contribution in [2.45, 2.75) is 12.6 Å². The van der Waals surface area contributed by atoms with Gasteiger partial charge in [-0.1, -0.05) is 29.8 Å². The fraction of sp³-hybridized carbons (Fsp3) is 0.364. The van der Waals surface area contributed by atoms with Crippen LogP contribution in [0.3, 0.4) is 0 Å². The molecule has 15 heavy (non-hydrogen) atoms. The molecule has 0 aliphatic heterocycles. The van der Waals surface area contributed by atoms with Crippen molar-refractivity contribution in [1.82, 2.24) is 0 Å². The molecule has 1 aromatic carbocycles. The number of Topliss-reactive ketones (excluding diaryl/α,β-unsaturated/α-hetero) is 1. The number of halogens is 1. The Labute approximate surface area is 87.2 Å². The molecule has 0 aromatic heterocycles. The van der Waals surface area contributed by atoms with Gasteiger partial charge in [-0.25, -0.2) is 4.39 Å². The van der Waals surface area contributed by atoms with Crippen LogP contribution >= 0.6 is 0 Å². The molecule has 0 radical (unpaired) electrons. The summed E-state index contributed by atoms with van der Waals surface area (Å²) in [6.45, 7) is -0.193. The first-order chi connectivity index (χ1) is 7.03. The number of carbonyl (C=O) groups excluding carboxylic acids is 1. The molecule has 1 rings (SSSR count). The third-order valence-corrected chi connectivity index (χ3v) is 2.22. The number of hydrogen-bond donors (Lipinski definition) is 2. The van der Waals surface area contributed by atoms with Gasteiger partial charge < -0.3 is 10.2 Å². The van der Waals surface area contributed by atoms with Crippen molar-refractivity contribution in [3.63, 3.8) is 0 Å². The minimum Gasteiger partial charge on any atom is -0.392 e. The van der Waals surface area contributed by atoms with Crippen LogP contribution in [-0.2, 0) is 0 Å². The lowest BCUT2D eigenvalue weighted by molar-refractivity contribution is 0.0192. The van der Waals surface area contributed by atoms with E-state index in [4.69, 9.17) is 10.2 Å². The topological polar surface area (TPSA) is 57.5 Å². The molecule has 0 saturated carbocycles. The summed E-state index contributed by atoms with van der Waals surface area (Å²) in [7, 11) is 0. The Morgan fingerprint density at radius 1 is 1.27 bits per heavy atom. The largest absolute Gasteiger partial charge is 0.392 e. The lowest BCUT2D eigenvalue weighted by Gasteiger charge is -2.18. The van der Waals surface area contributed by atoms with Crippen LogP contribution in [0.5, 0.6) is 0 Å². The zero-order chi connectivity index (χ0) is 11.5. The second kappa shape index (κ2) is 4.51. The molecular formula is C11H13FO3. The second-order valence-corrected chi connectivity index (χ2v) is 3.48. The van der Waals surface area contributed by atoms with E-state index in [1.54, 1.807) is 12.1 Å². The van der Waals surface area contributed by atoms with Crippen molar-refractivity contribution < 1.29 is 19.4 Å². The van der Waals surface area contributed by atoms with Gasteiger partial charge in [0.2, 0.25) is 11.5 Å². The lowest BCUT2D eigenvalue weighted by Crippen LogP contribution is -2.41. The van der Waals surface area contributed by atoms with Gasteiger partial charge in [0.05, 0.1) is 13.2 Å². The fourth-order valence-corrected chi connectivity index (χ4v) is 1.16. The van der Waals surface area contributed by atoms with Crippen molar-refractivity contribution in [3.05, 3.63) is 35.4 Å². The molecule has 0 atom stereocenters. The summed E-state index contributed by atoms with van der Waals surface area (Å²) in [6, 6.07) is 6.28. The van der Waals surface area contributed by atoms with Gasteiger partial charge >= 0.3 is 0 Å². The van der Waals surface area contributed by atoms with E-state index >= 15 is 0 Å². The number of aliphatic hydroxyl groups is 2. The summed E-state index contributed by atoms with van der Waals surface area (Å²) in [5.41, 5.74) is -1.50. The summed E-state index contributed by atoms with van der Waals surface area (Å²) in [5, 5.41) is 17.4. The molecule has 0 spiro atoms. The average Bonchev–Trinajstić information content (AvgIpc) is 2.28. The van der Waals surface area contributed by atoms with E-state index in [1.807, 2.05) is 6.92 Å². The fourth-order valence-electron chi connectivity index (χ4n) is 1.16. The van der Waals surface area contributed by atoms with Crippen LogP contribution in [0.1, 0.15) is 15.9 Å². The number of aliphatic hydroxyl groups excluding tert-OH is 2. The minimum atomic E-state index is -2.59. The van der Waals surface area contributed by atoms with Gasteiger partial charge in [-0.3, -0.25) is 4.79 Å². The maximum atomic E-state index is 13.6. The SMILES string of the molecule is Cc1ccc(C(=O)C(F)(CO)CO)cc1. The molecule has 0 saturated heterocycles. The number of ketones is 1. The number of aryl methyl sites for hydroxylation is 1. The van der Waals surface area contributed by atoms with Gasteiger partial charge in [-0.2, -0.15) is 0 Å². The van der Waals surface area contributed by atoms with Crippen LogP contribution in [0.2, 0.25) is 0 Å². The van der Waals surface area contributed by atoms with Crippen molar-refractivity contribution in [3.8, 4) is 0 Å². The molecule has 2 N–H and O–H groups in total. The molecule has 0 bridgehead atoms. The molecule has 3 nitrogen and oxygen atoms in total. The Hall–Kier alpha value is -1.26. The highest BCUT2D eigenvalue weighted by Crippen LogP contribution is 2.17. The number of rotatable bonds is 4. The van der Waals surface area contributed by atoms with E-state index in [0.717, 1.165) is 5.56 Å². The Morgan fingerprint density at radius 2 is 1.73 bits per heavy atom. The predicted molar refractivity (Wildman–Crippen MR) is 53.5 cm³/mol. The predicted octanol–water partition coefficient (Wildman–Crippen LogP) is 0.871. The van der Waals surface area contributed by atoms with E-state index in [-0.39, 0.29) is 5.56 Å². The smallest absolute Gasteiger partial charge is 0.218 e. The van der Waals surface area contributed by atoms with Gasteiger partial charge in [0.15, 0.2) is 0 Å². The molecular weight excluding hydrogens is 199 g/mol. The first-order valence-electron chi connectivity index (χ1n) is 4.55. The normalized spacial score (nSPS) is 11.5. The number of benzene rings is 1. The minimum absolute atomic E-state index is 0.145. The zero-order valence-electron chi connectivity index (χ0n) is 8.40. The molecule has 1 aromatic rings. The van der Waals surface area contributed by atoms with Crippen LogP contribution in [0.4, 0.5) is 4.39 Å². The first-order valence-corrected chi connectivity index (χ1v) is 4.55. The Kier molecular flexibility index (Phi) is 3.55. The van der Waals surface area contributed by atoms with E-state index in [0.29, 0.717) is 0 Å². The van der Waals surface area contributed by atoms with Crippen molar-refractivity contribution in [1.29, 1.82) is 0 Å². The lowest BCUT2D eigenvalue weighted by atomic mass is 9.95. The molecule has 0 aliphatic carbocycles. The second-order valence-electron chi connectivity index (χ2n) is 3.48. The van der Waals surface area contributed by atoms with Gasteiger partial charge in [-0.05, 0) is 6.92 Å². The van der Waals surface area contributed by atoms with E-state index in [9.17, 15) is 9.18 Å². The number of alkyl halides is 1. The molecule has 82 valence electrons. The molecule has 0 fully saturated rings. The summed E-state index contributed by atoms with van der Waals surface area (Å²) in [6.07, 6.45) is 0. The van der Waals surface area contributed by atoms with E-state index in [2.05, 4.69) is 0 Å². The van der Waals surface area contributed by atoms with Crippen LogP contribution in [0, 0.1) is 6.92 Å². The van der Waals surface area contributed by atoms with E-state index in [1.165, 1.54) is 12.1 Å². The van der Waals surface area contributed by atoms with Crippen molar-refractivity contribution >= 4 is 5.78 Å². The standard InChI is InChI=1S/C11H13FO3/c1-8-2-4-9(5-3-8)10(15)11(12,6-13)7-14/h2-5,13-14H,6-7H2,1H3. The highest BCUT2D eigenvalue weighted by molar-refractivity contribution is 6.02. The van der Waals surface area contributed by atoms with Gasteiger partial charge in [-0.15, -0.1) is 0 Å². The monoisotopic (exact) mass is 212 g/mol. The van der Waals surface area contributed by atoms with Crippen LogP contribution in [-0.4, -0.2) is 34.9 Å². The molecule has 0 heterocycles. The van der Waals surface area contributed by atoms with Crippen LogP contribution in [0.25, 0.3) is 0 Å². The highest BCUT2D eigenvalue weighted by Gasteiger charge is 2.37. The third kappa shape index (κ3) is 2.40.